The molecule has 0 aromatic rings. The number of esters is 1. The number of hydrogen-bond donors (Lipinski definition) is 0. The van der Waals surface area contributed by atoms with E-state index in [9.17, 15) is 4.79 Å². The second-order valence-corrected chi connectivity index (χ2v) is 5.76. The maximum absolute atomic E-state index is 11.1. The molecule has 2 nitrogen and oxygen atoms in total. The molecule has 0 unspecified atom stereocenters. The molecule has 0 aliphatic rings. The average molecular weight is 309 g/mol. The van der Waals surface area contributed by atoms with Crippen LogP contribution in [0.2, 0.25) is 0 Å². The van der Waals surface area contributed by atoms with Crippen molar-refractivity contribution < 1.29 is 9.53 Å². The average Bonchev–Trinajstić information content (AvgIpc) is 2.51. The third kappa shape index (κ3) is 17.0. The number of unbranched alkanes of at least 4 members (excludes halogenated alkanes) is 8. The largest absolute Gasteiger partial charge is 0.466 e. The van der Waals surface area contributed by atoms with Gasteiger partial charge in [-0.1, -0.05) is 69.8 Å². The summed E-state index contributed by atoms with van der Waals surface area (Å²) in [5.74, 6) is -0.0410. The molecule has 0 saturated heterocycles. The number of carbonyl (C=O) groups is 1. The molecule has 0 heterocycles. The molecule has 0 aliphatic carbocycles. The van der Waals surface area contributed by atoms with E-state index < -0.39 is 0 Å². The van der Waals surface area contributed by atoms with E-state index in [2.05, 4.69) is 31.2 Å². The lowest BCUT2D eigenvalue weighted by Crippen LogP contribution is -2.03. The third-order valence-electron chi connectivity index (χ3n) is 3.65. The van der Waals surface area contributed by atoms with Gasteiger partial charge in [0.05, 0.1) is 6.61 Å². The number of hydrogen-bond acceptors (Lipinski definition) is 2. The molecule has 0 N–H and O–H groups in total. The van der Waals surface area contributed by atoms with E-state index in [1.807, 2.05) is 6.92 Å². The Morgan fingerprint density at radius 1 is 0.773 bits per heavy atom. The predicted octanol–water partition coefficient (Wildman–Crippen LogP) is 6.36. The first kappa shape index (κ1) is 20.9. The van der Waals surface area contributed by atoms with Crippen LogP contribution < -0.4 is 0 Å². The van der Waals surface area contributed by atoms with Gasteiger partial charge in [-0.05, 0) is 39.0 Å². The van der Waals surface area contributed by atoms with Crippen LogP contribution in [0.15, 0.2) is 24.3 Å². The number of ether oxygens (including phenoxy) is 1. The minimum absolute atomic E-state index is 0.0410. The van der Waals surface area contributed by atoms with Crippen molar-refractivity contribution in [1.29, 1.82) is 0 Å². The maximum Gasteiger partial charge on any atom is 0.305 e. The van der Waals surface area contributed by atoms with Gasteiger partial charge in [-0.15, -0.1) is 0 Å². The van der Waals surface area contributed by atoms with Crippen LogP contribution in [0.4, 0.5) is 0 Å². The van der Waals surface area contributed by atoms with Gasteiger partial charge in [0, 0.05) is 6.42 Å². The summed E-state index contributed by atoms with van der Waals surface area (Å²) in [6.07, 6.45) is 23.1. The summed E-state index contributed by atoms with van der Waals surface area (Å²) >= 11 is 0. The fourth-order valence-electron chi connectivity index (χ4n) is 2.38. The molecule has 0 aromatic carbocycles. The van der Waals surface area contributed by atoms with E-state index in [-0.39, 0.29) is 5.97 Å². The Balaban J connectivity index is 3.14. The van der Waals surface area contributed by atoms with Crippen molar-refractivity contribution in [2.24, 2.45) is 0 Å². The molecule has 0 bridgehead atoms. The fourth-order valence-corrected chi connectivity index (χ4v) is 2.38. The Kier molecular flexibility index (Phi) is 17.1. The Morgan fingerprint density at radius 2 is 1.36 bits per heavy atom. The van der Waals surface area contributed by atoms with Crippen molar-refractivity contribution >= 4 is 5.97 Å². The van der Waals surface area contributed by atoms with Crippen LogP contribution in [-0.2, 0) is 9.53 Å². The summed E-state index contributed by atoms with van der Waals surface area (Å²) in [5, 5.41) is 0. The Morgan fingerprint density at radius 3 is 2.00 bits per heavy atom. The van der Waals surface area contributed by atoms with E-state index >= 15 is 0 Å². The standard InChI is InChI=1S/C20H36O2/c1-3-5-6-7-8-9-10-11-12-13-14-15-16-17-18-19-20(21)22-4-2/h5-6,8-9H,3-4,7,10-19H2,1-2H3/b6-5-,9-8-. The van der Waals surface area contributed by atoms with Gasteiger partial charge in [-0.3, -0.25) is 4.79 Å². The normalized spacial score (nSPS) is 11.5. The van der Waals surface area contributed by atoms with Crippen LogP contribution in [0, 0.1) is 0 Å². The second kappa shape index (κ2) is 18.0. The zero-order chi connectivity index (χ0) is 16.3. The summed E-state index contributed by atoms with van der Waals surface area (Å²) in [4.78, 5) is 11.1. The van der Waals surface area contributed by atoms with E-state index in [1.54, 1.807) is 0 Å². The van der Waals surface area contributed by atoms with Gasteiger partial charge in [0.1, 0.15) is 0 Å². The van der Waals surface area contributed by atoms with Crippen molar-refractivity contribution in [2.75, 3.05) is 6.61 Å². The molecule has 128 valence electrons. The van der Waals surface area contributed by atoms with Gasteiger partial charge in [-0.2, -0.15) is 0 Å². The maximum atomic E-state index is 11.1. The Bertz CT molecular complexity index is 292. The van der Waals surface area contributed by atoms with Gasteiger partial charge in [0.25, 0.3) is 0 Å². The molecule has 0 fully saturated rings. The summed E-state index contributed by atoms with van der Waals surface area (Å²) in [7, 11) is 0. The monoisotopic (exact) mass is 308 g/mol. The summed E-state index contributed by atoms with van der Waals surface area (Å²) in [5.41, 5.74) is 0. The van der Waals surface area contributed by atoms with Crippen LogP contribution in [0.25, 0.3) is 0 Å². The van der Waals surface area contributed by atoms with Crippen molar-refractivity contribution in [3.8, 4) is 0 Å². The molecule has 0 aromatic heterocycles. The van der Waals surface area contributed by atoms with E-state index in [4.69, 9.17) is 4.74 Å². The molecule has 0 saturated carbocycles. The van der Waals surface area contributed by atoms with E-state index in [1.165, 1.54) is 44.9 Å². The van der Waals surface area contributed by atoms with Gasteiger partial charge in [-0.25, -0.2) is 0 Å². The van der Waals surface area contributed by atoms with Gasteiger partial charge in [0.2, 0.25) is 0 Å². The second-order valence-electron chi connectivity index (χ2n) is 5.76. The summed E-state index contributed by atoms with van der Waals surface area (Å²) in [6.45, 7) is 4.53. The molecular weight excluding hydrogens is 272 g/mol. The van der Waals surface area contributed by atoms with Crippen LogP contribution >= 0.6 is 0 Å². The predicted molar refractivity (Wildman–Crippen MR) is 96.0 cm³/mol. The number of allylic oxidation sites excluding steroid dienone is 4. The van der Waals surface area contributed by atoms with Crippen molar-refractivity contribution in [2.45, 2.75) is 90.9 Å². The minimum atomic E-state index is -0.0410. The lowest BCUT2D eigenvalue weighted by molar-refractivity contribution is -0.143. The summed E-state index contributed by atoms with van der Waals surface area (Å²) in [6, 6.07) is 0. The Hall–Kier alpha value is -1.05. The van der Waals surface area contributed by atoms with Gasteiger partial charge < -0.3 is 4.74 Å². The molecule has 0 amide bonds. The SMILES string of the molecule is CC/C=C\C/C=C\CCCCCCCCCCC(=O)OCC. The highest BCUT2D eigenvalue weighted by atomic mass is 16.5. The highest BCUT2D eigenvalue weighted by Gasteiger charge is 2.00. The van der Waals surface area contributed by atoms with Crippen molar-refractivity contribution in [3.05, 3.63) is 24.3 Å². The fraction of sp³-hybridized carbons (Fsp3) is 0.750. The lowest BCUT2D eigenvalue weighted by atomic mass is 10.1. The third-order valence-corrected chi connectivity index (χ3v) is 3.65. The van der Waals surface area contributed by atoms with Gasteiger partial charge in [0.15, 0.2) is 0 Å². The topological polar surface area (TPSA) is 26.3 Å². The number of rotatable bonds is 15. The molecular formula is C20H36O2. The highest BCUT2D eigenvalue weighted by Crippen LogP contribution is 2.11. The zero-order valence-corrected chi connectivity index (χ0v) is 14.8. The van der Waals surface area contributed by atoms with Crippen LogP contribution in [0.3, 0.4) is 0 Å². The minimum Gasteiger partial charge on any atom is -0.466 e. The Labute approximate surface area is 138 Å². The molecule has 0 aliphatic heterocycles. The van der Waals surface area contributed by atoms with Crippen LogP contribution in [-0.4, -0.2) is 12.6 Å². The molecule has 0 spiro atoms. The first-order valence-electron chi connectivity index (χ1n) is 9.26. The first-order chi connectivity index (χ1) is 10.8. The zero-order valence-electron chi connectivity index (χ0n) is 14.8. The lowest BCUT2D eigenvalue weighted by Gasteiger charge is -2.02. The van der Waals surface area contributed by atoms with E-state index in [0.717, 1.165) is 25.7 Å². The molecule has 2 heteroatoms. The van der Waals surface area contributed by atoms with E-state index in [0.29, 0.717) is 13.0 Å². The van der Waals surface area contributed by atoms with Crippen LogP contribution in [0.1, 0.15) is 90.9 Å². The summed E-state index contributed by atoms with van der Waals surface area (Å²) < 4.78 is 4.91. The molecule has 0 rings (SSSR count). The van der Waals surface area contributed by atoms with Crippen molar-refractivity contribution in [1.82, 2.24) is 0 Å². The van der Waals surface area contributed by atoms with Crippen LogP contribution in [0.5, 0.6) is 0 Å². The van der Waals surface area contributed by atoms with Crippen molar-refractivity contribution in [3.63, 3.8) is 0 Å². The van der Waals surface area contributed by atoms with Gasteiger partial charge >= 0.3 is 5.97 Å². The quantitative estimate of drug-likeness (QED) is 0.200. The molecule has 0 radical (unpaired) electrons. The first-order valence-corrected chi connectivity index (χ1v) is 9.26. The molecule has 0 atom stereocenters. The number of carbonyl (C=O) groups excluding carboxylic acids is 1. The molecule has 22 heavy (non-hydrogen) atoms. The highest BCUT2D eigenvalue weighted by molar-refractivity contribution is 5.69. The smallest absolute Gasteiger partial charge is 0.305 e.